The minimum atomic E-state index is -0.520. The van der Waals surface area contributed by atoms with Crippen molar-refractivity contribution in [3.8, 4) is 23.4 Å². The summed E-state index contributed by atoms with van der Waals surface area (Å²) in [7, 11) is 0. The molecule has 5 rings (SSSR count). The summed E-state index contributed by atoms with van der Waals surface area (Å²) < 4.78 is 14.8. The molecule has 2 atom stereocenters. The van der Waals surface area contributed by atoms with Crippen LogP contribution in [0.15, 0.2) is 43.2 Å². The Bertz CT molecular complexity index is 1390. The molecule has 1 aliphatic rings. The van der Waals surface area contributed by atoms with E-state index < -0.39 is 6.67 Å². The summed E-state index contributed by atoms with van der Waals surface area (Å²) in [4.78, 5) is 18.3. The largest absolute Gasteiger partial charge is 0.355 e. The van der Waals surface area contributed by atoms with E-state index in [1.54, 1.807) is 18.5 Å². The highest BCUT2D eigenvalue weighted by Gasteiger charge is 2.33. The molecule has 0 saturated carbocycles. The molecule has 0 radical (unpaired) electrons. The van der Waals surface area contributed by atoms with Gasteiger partial charge in [-0.2, -0.15) is 15.6 Å². The van der Waals surface area contributed by atoms with E-state index in [2.05, 4.69) is 42.1 Å². The van der Waals surface area contributed by atoms with Gasteiger partial charge in [0.1, 0.15) is 23.9 Å². The molecule has 0 spiro atoms. The summed E-state index contributed by atoms with van der Waals surface area (Å²) in [6, 6.07) is 8.01. The molecule has 34 heavy (non-hydrogen) atoms. The number of H-pyrrole nitrogens is 1. The first-order chi connectivity index (χ1) is 16.7. The maximum absolute atomic E-state index is 12.9. The number of anilines is 1. The van der Waals surface area contributed by atoms with Gasteiger partial charge >= 0.3 is 0 Å². The molecule has 10 heteroatoms. The number of aryl methyl sites for hydroxylation is 1. The smallest absolute Gasteiger partial charge is 0.146 e. The van der Waals surface area contributed by atoms with Gasteiger partial charge in [0.15, 0.2) is 0 Å². The molecule has 4 aromatic rings. The maximum Gasteiger partial charge on any atom is 0.146 e. The first-order valence-electron chi connectivity index (χ1n) is 11.1. The van der Waals surface area contributed by atoms with Gasteiger partial charge in [-0.3, -0.25) is 9.07 Å². The molecule has 0 aromatic carbocycles. The van der Waals surface area contributed by atoms with Crippen molar-refractivity contribution < 1.29 is 4.39 Å². The van der Waals surface area contributed by atoms with E-state index in [-0.39, 0.29) is 18.4 Å². The van der Waals surface area contributed by atoms with Gasteiger partial charge in [-0.25, -0.2) is 15.0 Å². The molecule has 9 nitrogen and oxygen atoms in total. The number of aromatic amines is 1. The third-order valence-corrected chi connectivity index (χ3v) is 6.43. The fraction of sp³-hybridized carbons (Fsp3) is 0.333. The van der Waals surface area contributed by atoms with Crippen molar-refractivity contribution in [1.29, 1.82) is 10.5 Å². The van der Waals surface area contributed by atoms with Crippen LogP contribution < -0.4 is 4.90 Å². The highest BCUT2D eigenvalue weighted by molar-refractivity contribution is 5.89. The topological polar surface area (TPSA) is 123 Å². The lowest BCUT2D eigenvalue weighted by atomic mass is 9.96. The minimum absolute atomic E-state index is 0.133. The van der Waals surface area contributed by atoms with Crippen molar-refractivity contribution in [2.45, 2.75) is 25.3 Å². The first kappa shape index (κ1) is 21.5. The number of alkyl halides is 1. The minimum Gasteiger partial charge on any atom is -0.355 e. The normalized spacial score (nSPS) is 16.4. The average Bonchev–Trinajstić information content (AvgIpc) is 3.63. The predicted molar refractivity (Wildman–Crippen MR) is 123 cm³/mol. The molecule has 1 saturated heterocycles. The molecule has 0 amide bonds. The quantitative estimate of drug-likeness (QED) is 0.452. The Balaban J connectivity index is 1.41. The van der Waals surface area contributed by atoms with Crippen molar-refractivity contribution >= 4 is 16.9 Å². The fourth-order valence-electron chi connectivity index (χ4n) is 4.77. The van der Waals surface area contributed by atoms with Crippen LogP contribution >= 0.6 is 0 Å². The molecular weight excluding hydrogens is 433 g/mol. The zero-order valence-electron chi connectivity index (χ0n) is 18.4. The maximum atomic E-state index is 12.9. The van der Waals surface area contributed by atoms with Crippen LogP contribution in [0.3, 0.4) is 0 Å². The molecule has 2 unspecified atom stereocenters. The van der Waals surface area contributed by atoms with Crippen molar-refractivity contribution in [2.75, 3.05) is 24.7 Å². The Morgan fingerprint density at radius 3 is 2.97 bits per heavy atom. The number of aromatic nitrogens is 6. The molecule has 170 valence electrons. The van der Waals surface area contributed by atoms with E-state index in [1.165, 1.54) is 6.33 Å². The highest BCUT2D eigenvalue weighted by atomic mass is 19.1. The van der Waals surface area contributed by atoms with Gasteiger partial charge in [0.2, 0.25) is 0 Å². The SMILES string of the molecule is N#CCC(C1CCN(c2nccc(CCF)c2C#N)C1)n1cc(-c2ncnc3[nH]ccc23)cn1. The second-order valence-electron chi connectivity index (χ2n) is 8.32. The summed E-state index contributed by atoms with van der Waals surface area (Å²) in [6.07, 6.45) is 10.0. The zero-order chi connectivity index (χ0) is 23.5. The fourth-order valence-corrected chi connectivity index (χ4v) is 4.77. The van der Waals surface area contributed by atoms with Crippen LogP contribution in [-0.2, 0) is 6.42 Å². The third kappa shape index (κ3) is 3.84. The molecule has 4 aromatic heterocycles. The van der Waals surface area contributed by atoms with Crippen molar-refractivity contribution in [3.63, 3.8) is 0 Å². The number of rotatable bonds is 7. The molecule has 0 aliphatic carbocycles. The first-order valence-corrected chi connectivity index (χ1v) is 11.1. The lowest BCUT2D eigenvalue weighted by molar-refractivity contribution is 0.332. The number of nitrogens with zero attached hydrogens (tertiary/aromatic N) is 8. The Morgan fingerprint density at radius 2 is 2.15 bits per heavy atom. The summed E-state index contributed by atoms with van der Waals surface area (Å²) in [5.74, 6) is 0.729. The predicted octanol–water partition coefficient (Wildman–Crippen LogP) is 3.58. The number of pyridine rings is 1. The van der Waals surface area contributed by atoms with Gasteiger partial charge in [0, 0.05) is 55.0 Å². The molecule has 1 N–H and O–H groups in total. The molecule has 1 fully saturated rings. The Labute approximate surface area is 195 Å². The van der Waals surface area contributed by atoms with Crippen LogP contribution in [0.5, 0.6) is 0 Å². The zero-order valence-corrected chi connectivity index (χ0v) is 18.4. The van der Waals surface area contributed by atoms with Gasteiger partial charge in [-0.05, 0) is 24.1 Å². The van der Waals surface area contributed by atoms with Crippen molar-refractivity contribution in [3.05, 3.63) is 54.4 Å². The molecule has 1 aliphatic heterocycles. The van der Waals surface area contributed by atoms with Crippen LogP contribution in [0.1, 0.15) is 30.0 Å². The van der Waals surface area contributed by atoms with E-state index in [0.717, 1.165) is 28.7 Å². The third-order valence-electron chi connectivity index (χ3n) is 6.43. The van der Waals surface area contributed by atoms with E-state index in [1.807, 2.05) is 23.1 Å². The van der Waals surface area contributed by atoms with Gasteiger partial charge in [0.05, 0.1) is 42.7 Å². The van der Waals surface area contributed by atoms with Crippen molar-refractivity contribution in [1.82, 2.24) is 29.7 Å². The van der Waals surface area contributed by atoms with Gasteiger partial charge < -0.3 is 9.88 Å². The van der Waals surface area contributed by atoms with Gasteiger partial charge in [-0.1, -0.05) is 0 Å². The second kappa shape index (κ2) is 9.28. The number of hydrogen-bond donors (Lipinski definition) is 1. The highest BCUT2D eigenvalue weighted by Crippen LogP contribution is 2.35. The number of nitriles is 2. The summed E-state index contributed by atoms with van der Waals surface area (Å²) in [5.41, 5.74) is 3.50. The molecule has 5 heterocycles. The van der Waals surface area contributed by atoms with Gasteiger partial charge in [0.25, 0.3) is 0 Å². The Morgan fingerprint density at radius 1 is 1.24 bits per heavy atom. The number of hydrogen-bond acceptors (Lipinski definition) is 7. The van der Waals surface area contributed by atoms with E-state index in [4.69, 9.17) is 0 Å². The van der Waals surface area contributed by atoms with Crippen molar-refractivity contribution in [2.24, 2.45) is 5.92 Å². The van der Waals surface area contributed by atoms with E-state index in [0.29, 0.717) is 36.5 Å². The summed E-state index contributed by atoms with van der Waals surface area (Å²) in [6.45, 7) is 0.823. The number of fused-ring (bicyclic) bond motifs is 1. The van der Waals surface area contributed by atoms with Crippen LogP contribution in [0.4, 0.5) is 10.2 Å². The summed E-state index contributed by atoms with van der Waals surface area (Å²) in [5, 5.41) is 24.7. The van der Waals surface area contributed by atoms with E-state index in [9.17, 15) is 14.9 Å². The van der Waals surface area contributed by atoms with Gasteiger partial charge in [-0.15, -0.1) is 0 Å². The molecular formula is C24H22FN9. The lowest BCUT2D eigenvalue weighted by Gasteiger charge is -2.23. The lowest BCUT2D eigenvalue weighted by Crippen LogP contribution is -2.26. The van der Waals surface area contributed by atoms with Crippen LogP contribution in [0, 0.1) is 28.6 Å². The van der Waals surface area contributed by atoms with Crippen LogP contribution in [0.2, 0.25) is 0 Å². The monoisotopic (exact) mass is 455 g/mol. The molecule has 0 bridgehead atoms. The van der Waals surface area contributed by atoms with E-state index >= 15 is 0 Å². The number of halogens is 1. The summed E-state index contributed by atoms with van der Waals surface area (Å²) >= 11 is 0. The Hall–Kier alpha value is -4.31. The van der Waals surface area contributed by atoms with Crippen LogP contribution in [-0.4, -0.2) is 49.5 Å². The average molecular weight is 456 g/mol. The second-order valence-corrected chi connectivity index (χ2v) is 8.32. The number of nitrogens with one attached hydrogen (secondary N) is 1. The van der Waals surface area contributed by atoms with Crippen LogP contribution in [0.25, 0.3) is 22.3 Å². The standard InChI is InChI=1S/C24H22FN9/c25-6-1-16-3-8-29-24(20(16)11-27)33-10-5-17(13-33)21(2-7-26)34-14-18(12-32-34)22-19-4-9-28-23(19)31-15-30-22/h3-4,8-9,12,14-15,17,21H,1-2,5-6,10,13H2,(H,28,30,31). The Kier molecular flexibility index (Phi) is 5.88.